The lowest BCUT2D eigenvalue weighted by Gasteiger charge is -1.96. The standard InChI is InChI=1S/C5H8O2S/c6-3-4-1-2-5(7)8-4/h4,6H,1-3H2/t4-/m1/s1. The van der Waals surface area contributed by atoms with Gasteiger partial charge in [0.15, 0.2) is 5.12 Å². The van der Waals surface area contributed by atoms with Crippen molar-refractivity contribution in [3.8, 4) is 0 Å². The van der Waals surface area contributed by atoms with E-state index in [0.29, 0.717) is 6.42 Å². The molecule has 2 nitrogen and oxygen atoms in total. The third kappa shape index (κ3) is 1.23. The second kappa shape index (κ2) is 2.51. The highest BCUT2D eigenvalue weighted by Crippen LogP contribution is 2.26. The molecule has 3 heteroatoms. The van der Waals surface area contributed by atoms with Crippen LogP contribution in [0.25, 0.3) is 0 Å². The first-order valence-electron chi connectivity index (χ1n) is 2.63. The Bertz CT molecular complexity index is 103. The Morgan fingerprint density at radius 3 is 2.88 bits per heavy atom. The molecule has 1 aliphatic rings. The first-order chi connectivity index (χ1) is 3.83. The van der Waals surface area contributed by atoms with Gasteiger partial charge in [-0.05, 0) is 6.42 Å². The van der Waals surface area contributed by atoms with Gasteiger partial charge in [0.05, 0.1) is 6.61 Å². The van der Waals surface area contributed by atoms with Gasteiger partial charge in [0.25, 0.3) is 0 Å². The smallest absolute Gasteiger partial charge is 0.189 e. The number of carbonyl (C=O) groups excluding carboxylic acids is 1. The summed E-state index contributed by atoms with van der Waals surface area (Å²) in [7, 11) is 0. The molecule has 8 heavy (non-hydrogen) atoms. The molecule has 1 rings (SSSR count). The lowest BCUT2D eigenvalue weighted by molar-refractivity contribution is -0.110. The van der Waals surface area contributed by atoms with Crippen molar-refractivity contribution in [3.63, 3.8) is 0 Å². The van der Waals surface area contributed by atoms with Crippen LogP contribution in [0.3, 0.4) is 0 Å². The highest BCUT2D eigenvalue weighted by atomic mass is 32.2. The van der Waals surface area contributed by atoms with Crippen molar-refractivity contribution < 1.29 is 9.90 Å². The van der Waals surface area contributed by atoms with Crippen LogP contribution in [0.1, 0.15) is 12.8 Å². The first kappa shape index (κ1) is 6.11. The molecule has 1 saturated heterocycles. The lowest BCUT2D eigenvalue weighted by atomic mass is 10.3. The van der Waals surface area contributed by atoms with Crippen LogP contribution in [-0.4, -0.2) is 22.1 Å². The minimum atomic E-state index is 0.149. The molecule has 0 saturated carbocycles. The van der Waals surface area contributed by atoms with Crippen molar-refractivity contribution in [2.45, 2.75) is 18.1 Å². The van der Waals surface area contributed by atoms with Crippen LogP contribution in [0.5, 0.6) is 0 Å². The number of thioether (sulfide) groups is 1. The van der Waals surface area contributed by atoms with Crippen LogP contribution in [0.2, 0.25) is 0 Å². The number of hydrogen-bond donors (Lipinski definition) is 1. The van der Waals surface area contributed by atoms with E-state index in [-0.39, 0.29) is 17.0 Å². The molecule has 0 spiro atoms. The molecule has 0 amide bonds. The van der Waals surface area contributed by atoms with E-state index in [1.807, 2.05) is 0 Å². The third-order valence-corrected chi connectivity index (χ3v) is 2.36. The van der Waals surface area contributed by atoms with Crippen LogP contribution < -0.4 is 0 Å². The number of carbonyl (C=O) groups is 1. The average Bonchev–Trinajstić information content (AvgIpc) is 2.14. The molecule has 46 valence electrons. The Labute approximate surface area is 52.3 Å². The molecular formula is C5H8O2S. The van der Waals surface area contributed by atoms with E-state index in [1.165, 1.54) is 11.8 Å². The fraction of sp³-hybridized carbons (Fsp3) is 0.800. The number of aliphatic hydroxyl groups is 1. The Morgan fingerprint density at radius 1 is 1.88 bits per heavy atom. The third-order valence-electron chi connectivity index (χ3n) is 1.17. The highest BCUT2D eigenvalue weighted by Gasteiger charge is 2.21. The highest BCUT2D eigenvalue weighted by molar-refractivity contribution is 8.14. The predicted octanol–water partition coefficient (Wildman–Crippen LogP) is 0.401. The van der Waals surface area contributed by atoms with Crippen LogP contribution >= 0.6 is 11.8 Å². The van der Waals surface area contributed by atoms with E-state index in [2.05, 4.69) is 0 Å². The summed E-state index contributed by atoms with van der Waals surface area (Å²) >= 11 is 1.28. The van der Waals surface area contributed by atoms with E-state index in [4.69, 9.17) is 5.11 Å². The van der Waals surface area contributed by atoms with Gasteiger partial charge >= 0.3 is 0 Å². The van der Waals surface area contributed by atoms with Gasteiger partial charge in [-0.1, -0.05) is 11.8 Å². The van der Waals surface area contributed by atoms with Gasteiger partial charge in [-0.3, -0.25) is 4.79 Å². The fourth-order valence-electron chi connectivity index (χ4n) is 0.711. The zero-order valence-corrected chi connectivity index (χ0v) is 5.28. The van der Waals surface area contributed by atoms with E-state index in [1.54, 1.807) is 0 Å². The normalized spacial score (nSPS) is 29.1. The van der Waals surface area contributed by atoms with E-state index >= 15 is 0 Å². The second-order valence-corrected chi connectivity index (χ2v) is 3.19. The van der Waals surface area contributed by atoms with Gasteiger partial charge in [0.2, 0.25) is 0 Å². The largest absolute Gasteiger partial charge is 0.395 e. The second-order valence-electron chi connectivity index (χ2n) is 1.83. The Morgan fingerprint density at radius 2 is 2.62 bits per heavy atom. The topological polar surface area (TPSA) is 37.3 Å². The van der Waals surface area contributed by atoms with Crippen molar-refractivity contribution in [2.75, 3.05) is 6.61 Å². The molecule has 1 N–H and O–H groups in total. The predicted molar refractivity (Wildman–Crippen MR) is 32.7 cm³/mol. The summed E-state index contributed by atoms with van der Waals surface area (Å²) in [4.78, 5) is 10.5. The molecule has 1 fully saturated rings. The van der Waals surface area contributed by atoms with E-state index in [0.717, 1.165) is 6.42 Å². The van der Waals surface area contributed by atoms with Crippen LogP contribution in [0, 0.1) is 0 Å². The van der Waals surface area contributed by atoms with Crippen molar-refractivity contribution in [1.82, 2.24) is 0 Å². The molecule has 0 unspecified atom stereocenters. The van der Waals surface area contributed by atoms with Crippen LogP contribution in [0.15, 0.2) is 0 Å². The number of hydrogen-bond acceptors (Lipinski definition) is 3. The zero-order chi connectivity index (χ0) is 5.98. The van der Waals surface area contributed by atoms with E-state index < -0.39 is 0 Å². The van der Waals surface area contributed by atoms with Crippen molar-refractivity contribution in [1.29, 1.82) is 0 Å². The maximum atomic E-state index is 10.5. The molecule has 0 aromatic heterocycles. The minimum absolute atomic E-state index is 0.149. The van der Waals surface area contributed by atoms with Crippen molar-refractivity contribution in [2.24, 2.45) is 0 Å². The summed E-state index contributed by atoms with van der Waals surface area (Å²) in [5.41, 5.74) is 0. The maximum Gasteiger partial charge on any atom is 0.189 e. The molecule has 1 aliphatic heterocycles. The van der Waals surface area contributed by atoms with Gasteiger partial charge in [-0.25, -0.2) is 0 Å². The van der Waals surface area contributed by atoms with Gasteiger partial charge in [0.1, 0.15) is 0 Å². The zero-order valence-electron chi connectivity index (χ0n) is 4.46. The molecule has 1 atom stereocenters. The van der Waals surface area contributed by atoms with Gasteiger partial charge < -0.3 is 5.11 Å². The molecule has 0 aliphatic carbocycles. The Hall–Kier alpha value is -0.0200. The van der Waals surface area contributed by atoms with Crippen molar-refractivity contribution in [3.05, 3.63) is 0 Å². The lowest BCUT2D eigenvalue weighted by Crippen LogP contribution is -2.01. The summed E-state index contributed by atoms with van der Waals surface area (Å²) < 4.78 is 0. The summed E-state index contributed by atoms with van der Waals surface area (Å²) in [5.74, 6) is 0. The summed E-state index contributed by atoms with van der Waals surface area (Å²) in [5, 5.41) is 8.93. The molecule has 0 aromatic rings. The van der Waals surface area contributed by atoms with Gasteiger partial charge in [-0.2, -0.15) is 0 Å². The number of rotatable bonds is 1. The monoisotopic (exact) mass is 132 g/mol. The summed E-state index contributed by atoms with van der Waals surface area (Å²) in [6.07, 6.45) is 1.51. The molecule has 0 bridgehead atoms. The van der Waals surface area contributed by atoms with Crippen LogP contribution in [-0.2, 0) is 4.79 Å². The van der Waals surface area contributed by atoms with Crippen molar-refractivity contribution >= 4 is 16.9 Å². The Kier molecular flexibility index (Phi) is 1.91. The first-order valence-corrected chi connectivity index (χ1v) is 3.51. The molecule has 1 heterocycles. The minimum Gasteiger partial charge on any atom is -0.395 e. The van der Waals surface area contributed by atoms with E-state index in [9.17, 15) is 4.79 Å². The fourth-order valence-corrected chi connectivity index (χ4v) is 1.63. The molecular weight excluding hydrogens is 124 g/mol. The Balaban J connectivity index is 2.32. The quantitative estimate of drug-likeness (QED) is 0.561. The summed E-state index contributed by atoms with van der Waals surface area (Å²) in [6, 6.07) is 0. The van der Waals surface area contributed by atoms with Gasteiger partial charge in [0, 0.05) is 11.7 Å². The molecule has 0 aromatic carbocycles. The SMILES string of the molecule is O=C1CC[C@H](CO)S1. The summed E-state index contributed by atoms with van der Waals surface area (Å²) in [6.45, 7) is 0.149. The van der Waals surface area contributed by atoms with Gasteiger partial charge in [-0.15, -0.1) is 0 Å². The molecule has 0 radical (unpaired) electrons. The van der Waals surface area contributed by atoms with Crippen LogP contribution in [0.4, 0.5) is 0 Å². The maximum absolute atomic E-state index is 10.5. The average molecular weight is 132 g/mol. The number of aliphatic hydroxyl groups excluding tert-OH is 1.